The fourth-order valence-electron chi connectivity index (χ4n) is 3.70. The zero-order chi connectivity index (χ0) is 18.8. The number of hydrogen-bond acceptors (Lipinski definition) is 3. The third-order valence-corrected chi connectivity index (χ3v) is 6.32. The van der Waals surface area contributed by atoms with Crippen LogP contribution in [0.1, 0.15) is 50.4 Å². The van der Waals surface area contributed by atoms with Crippen LogP contribution in [0.3, 0.4) is 0 Å². The van der Waals surface area contributed by atoms with E-state index < -0.39 is 0 Å². The maximum atomic E-state index is 12.9. The lowest BCUT2D eigenvalue weighted by atomic mass is 10.0. The molecule has 0 unspecified atom stereocenters. The third-order valence-electron chi connectivity index (χ3n) is 5.11. The van der Waals surface area contributed by atoms with E-state index in [-0.39, 0.29) is 11.8 Å². The number of thiophene rings is 1. The summed E-state index contributed by atoms with van der Waals surface area (Å²) < 4.78 is 0. The van der Waals surface area contributed by atoms with Gasteiger partial charge in [0.25, 0.3) is 11.8 Å². The molecule has 0 spiro atoms. The molecule has 27 heavy (non-hydrogen) atoms. The van der Waals surface area contributed by atoms with E-state index in [1.807, 2.05) is 42.5 Å². The lowest BCUT2D eigenvalue weighted by Crippen LogP contribution is -2.21. The number of anilines is 1. The molecule has 2 aromatic carbocycles. The molecule has 0 aliphatic heterocycles. The highest BCUT2D eigenvalue weighted by Crippen LogP contribution is 2.37. The van der Waals surface area contributed by atoms with Gasteiger partial charge in [0.2, 0.25) is 0 Å². The molecule has 1 heterocycles. The van der Waals surface area contributed by atoms with Gasteiger partial charge in [0.1, 0.15) is 5.00 Å². The molecule has 2 amide bonds. The van der Waals surface area contributed by atoms with Crippen molar-refractivity contribution in [1.29, 1.82) is 0 Å². The average molecular weight is 378 g/mol. The minimum absolute atomic E-state index is 0.122. The van der Waals surface area contributed by atoms with Crippen molar-refractivity contribution in [1.82, 2.24) is 5.32 Å². The minimum atomic E-state index is -0.178. The van der Waals surface area contributed by atoms with Crippen molar-refractivity contribution >= 4 is 38.9 Å². The van der Waals surface area contributed by atoms with E-state index in [9.17, 15) is 9.59 Å². The van der Waals surface area contributed by atoms with E-state index in [4.69, 9.17) is 0 Å². The van der Waals surface area contributed by atoms with Gasteiger partial charge in [-0.1, -0.05) is 36.8 Å². The maximum Gasteiger partial charge on any atom is 0.256 e. The van der Waals surface area contributed by atoms with Crippen molar-refractivity contribution < 1.29 is 9.59 Å². The number of carbonyl (C=O) groups is 2. The van der Waals surface area contributed by atoms with Gasteiger partial charge < -0.3 is 10.6 Å². The Morgan fingerprint density at radius 2 is 1.70 bits per heavy atom. The van der Waals surface area contributed by atoms with Crippen molar-refractivity contribution in [3.05, 3.63) is 64.0 Å². The van der Waals surface area contributed by atoms with Crippen molar-refractivity contribution in [2.75, 3.05) is 12.4 Å². The second-order valence-electron chi connectivity index (χ2n) is 6.86. The smallest absolute Gasteiger partial charge is 0.256 e. The summed E-state index contributed by atoms with van der Waals surface area (Å²) in [6, 6.07) is 13.6. The van der Waals surface area contributed by atoms with Crippen LogP contribution in [0.4, 0.5) is 5.00 Å². The highest BCUT2D eigenvalue weighted by Gasteiger charge is 2.25. The largest absolute Gasteiger partial charge is 0.355 e. The molecule has 0 bridgehead atoms. The first-order valence-corrected chi connectivity index (χ1v) is 10.2. The standard InChI is InChI=1S/C22H22N2O2S/c1-23-21(26)19-17-9-3-2-4-10-18(17)27-22(19)24-20(25)16-12-11-14-7-5-6-8-15(14)13-16/h5-8,11-13H,2-4,9-10H2,1H3,(H,23,26)(H,24,25). The summed E-state index contributed by atoms with van der Waals surface area (Å²) in [5.74, 6) is -0.300. The fourth-order valence-corrected chi connectivity index (χ4v) is 4.98. The zero-order valence-corrected chi connectivity index (χ0v) is 16.1. The fraction of sp³-hybridized carbons (Fsp3) is 0.273. The van der Waals surface area contributed by atoms with Crippen LogP contribution in [0, 0.1) is 0 Å². The van der Waals surface area contributed by atoms with Gasteiger partial charge in [-0.25, -0.2) is 0 Å². The Morgan fingerprint density at radius 3 is 2.52 bits per heavy atom. The van der Waals surface area contributed by atoms with E-state index in [2.05, 4.69) is 10.6 Å². The van der Waals surface area contributed by atoms with Gasteiger partial charge in [0.15, 0.2) is 0 Å². The summed E-state index contributed by atoms with van der Waals surface area (Å²) in [7, 11) is 1.64. The SMILES string of the molecule is CNC(=O)c1c(NC(=O)c2ccc3ccccc3c2)sc2c1CCCCC2. The second-order valence-corrected chi connectivity index (χ2v) is 7.97. The molecule has 1 aliphatic rings. The summed E-state index contributed by atoms with van der Waals surface area (Å²) in [5.41, 5.74) is 2.36. The molecule has 0 saturated heterocycles. The molecule has 0 radical (unpaired) electrons. The Kier molecular flexibility index (Phi) is 4.94. The van der Waals surface area contributed by atoms with E-state index in [1.54, 1.807) is 18.4 Å². The van der Waals surface area contributed by atoms with Gasteiger partial charge in [-0.2, -0.15) is 0 Å². The van der Waals surface area contributed by atoms with E-state index in [0.29, 0.717) is 16.1 Å². The summed E-state index contributed by atoms with van der Waals surface area (Å²) in [4.78, 5) is 26.6. The molecule has 5 heteroatoms. The first-order chi connectivity index (χ1) is 13.2. The normalized spacial score (nSPS) is 13.7. The van der Waals surface area contributed by atoms with Gasteiger partial charge in [-0.3, -0.25) is 9.59 Å². The number of benzene rings is 2. The van der Waals surface area contributed by atoms with Gasteiger partial charge in [0.05, 0.1) is 5.56 Å². The summed E-state index contributed by atoms with van der Waals surface area (Å²) in [5, 5.41) is 8.53. The topological polar surface area (TPSA) is 58.2 Å². The van der Waals surface area contributed by atoms with Crippen LogP contribution >= 0.6 is 11.3 Å². The Bertz CT molecular complexity index is 1020. The molecule has 1 aliphatic carbocycles. The summed E-state index contributed by atoms with van der Waals surface area (Å²) in [6.07, 6.45) is 5.30. The molecule has 1 aromatic heterocycles. The van der Waals surface area contributed by atoms with Crippen molar-refractivity contribution in [3.63, 3.8) is 0 Å². The highest BCUT2D eigenvalue weighted by molar-refractivity contribution is 7.17. The first-order valence-electron chi connectivity index (χ1n) is 9.34. The van der Waals surface area contributed by atoms with Crippen LogP contribution in [0.25, 0.3) is 10.8 Å². The Labute approximate surface area is 162 Å². The maximum absolute atomic E-state index is 12.9. The molecule has 0 saturated carbocycles. The lowest BCUT2D eigenvalue weighted by Gasteiger charge is -2.08. The monoisotopic (exact) mass is 378 g/mol. The van der Waals surface area contributed by atoms with Crippen molar-refractivity contribution in [2.24, 2.45) is 0 Å². The second kappa shape index (κ2) is 7.53. The molecule has 2 N–H and O–H groups in total. The molecule has 0 fully saturated rings. The van der Waals surface area contributed by atoms with Gasteiger partial charge in [-0.15, -0.1) is 11.3 Å². The molecule has 138 valence electrons. The molecule has 4 nitrogen and oxygen atoms in total. The number of rotatable bonds is 3. The number of aryl methyl sites for hydroxylation is 1. The third kappa shape index (κ3) is 3.47. The number of amides is 2. The van der Waals surface area contributed by atoms with Crippen LogP contribution < -0.4 is 10.6 Å². The van der Waals surface area contributed by atoms with Crippen LogP contribution in [-0.2, 0) is 12.8 Å². The van der Waals surface area contributed by atoms with Crippen molar-refractivity contribution in [2.45, 2.75) is 32.1 Å². The highest BCUT2D eigenvalue weighted by atomic mass is 32.1. The van der Waals surface area contributed by atoms with E-state index in [1.165, 1.54) is 11.3 Å². The van der Waals surface area contributed by atoms with Crippen molar-refractivity contribution in [3.8, 4) is 0 Å². The quantitative estimate of drug-likeness (QED) is 0.644. The minimum Gasteiger partial charge on any atom is -0.355 e. The van der Waals surface area contributed by atoms with Crippen LogP contribution in [0.5, 0.6) is 0 Å². The number of carbonyl (C=O) groups excluding carboxylic acids is 2. The van der Waals surface area contributed by atoms with Crippen LogP contribution in [-0.4, -0.2) is 18.9 Å². The lowest BCUT2D eigenvalue weighted by molar-refractivity contribution is 0.0963. The summed E-state index contributed by atoms with van der Waals surface area (Å²) in [6.45, 7) is 0. The molecule has 3 aromatic rings. The molecular formula is C22H22N2O2S. The predicted octanol–water partition coefficient (Wildman–Crippen LogP) is 4.78. The Hall–Kier alpha value is -2.66. The van der Waals surface area contributed by atoms with Gasteiger partial charge in [-0.05, 0) is 54.2 Å². The predicted molar refractivity (Wildman–Crippen MR) is 111 cm³/mol. The van der Waals surface area contributed by atoms with Gasteiger partial charge in [0, 0.05) is 17.5 Å². The van der Waals surface area contributed by atoms with E-state index in [0.717, 1.165) is 42.0 Å². The Morgan fingerprint density at radius 1 is 0.926 bits per heavy atom. The number of nitrogens with one attached hydrogen (secondary N) is 2. The van der Waals surface area contributed by atoms with E-state index >= 15 is 0 Å². The zero-order valence-electron chi connectivity index (χ0n) is 15.3. The Balaban J connectivity index is 1.68. The average Bonchev–Trinajstić information content (AvgIpc) is 2.87. The number of hydrogen-bond donors (Lipinski definition) is 2. The van der Waals surface area contributed by atoms with Crippen LogP contribution in [0.15, 0.2) is 42.5 Å². The first kappa shape index (κ1) is 17.7. The van der Waals surface area contributed by atoms with Gasteiger partial charge >= 0.3 is 0 Å². The summed E-state index contributed by atoms with van der Waals surface area (Å²) >= 11 is 1.55. The molecule has 4 rings (SSSR count). The molecule has 0 atom stereocenters. The number of fused-ring (bicyclic) bond motifs is 2. The van der Waals surface area contributed by atoms with Crippen LogP contribution in [0.2, 0.25) is 0 Å². The molecular weight excluding hydrogens is 356 g/mol.